The molecular weight excluding hydrogens is 238 g/mol. The van der Waals surface area contributed by atoms with E-state index in [9.17, 15) is 8.78 Å². The van der Waals surface area contributed by atoms with Crippen LogP contribution in [0.15, 0.2) is 30.5 Å². The van der Waals surface area contributed by atoms with E-state index in [0.717, 1.165) is 12.1 Å². The summed E-state index contributed by atoms with van der Waals surface area (Å²) in [4.78, 5) is 4.20. The zero-order valence-corrected chi connectivity index (χ0v) is 9.41. The Kier molecular flexibility index (Phi) is 2.59. The number of nitrogens with one attached hydrogen (secondary N) is 1. The maximum atomic E-state index is 13.2. The highest BCUT2D eigenvalue weighted by molar-refractivity contribution is 5.68. The molecule has 0 saturated carbocycles. The molecule has 3 nitrogen and oxygen atoms in total. The van der Waals surface area contributed by atoms with Gasteiger partial charge in [-0.2, -0.15) is 0 Å². The van der Waals surface area contributed by atoms with Gasteiger partial charge in [-0.3, -0.25) is 0 Å². The predicted molar refractivity (Wildman–Crippen MR) is 63.6 cm³/mol. The molecule has 0 radical (unpaired) electrons. The Morgan fingerprint density at radius 2 is 2.00 bits per heavy atom. The van der Waals surface area contributed by atoms with Crippen LogP contribution in [0.4, 0.5) is 14.6 Å². The lowest BCUT2D eigenvalue weighted by atomic mass is 10.1. The third-order valence-electron chi connectivity index (χ3n) is 2.76. The van der Waals surface area contributed by atoms with Crippen molar-refractivity contribution in [1.29, 1.82) is 0 Å². The van der Waals surface area contributed by atoms with Crippen molar-refractivity contribution in [3.8, 4) is 16.9 Å². The van der Waals surface area contributed by atoms with Crippen LogP contribution in [-0.4, -0.2) is 18.1 Å². The molecular formula is C13H10F2N2O. The van der Waals surface area contributed by atoms with Gasteiger partial charge >= 0.3 is 0 Å². The molecule has 1 aliphatic heterocycles. The van der Waals surface area contributed by atoms with Gasteiger partial charge < -0.3 is 10.1 Å². The van der Waals surface area contributed by atoms with Crippen molar-refractivity contribution in [3.63, 3.8) is 0 Å². The van der Waals surface area contributed by atoms with Gasteiger partial charge in [0.05, 0.1) is 6.54 Å². The Labute approximate surface area is 102 Å². The second-order valence-electron chi connectivity index (χ2n) is 3.97. The molecule has 92 valence electrons. The first-order valence-corrected chi connectivity index (χ1v) is 5.56. The minimum atomic E-state index is -0.871. The van der Waals surface area contributed by atoms with E-state index in [1.807, 2.05) is 0 Å². The number of hydrogen-bond acceptors (Lipinski definition) is 3. The maximum absolute atomic E-state index is 13.2. The van der Waals surface area contributed by atoms with Gasteiger partial charge in [0.15, 0.2) is 23.2 Å². The molecule has 0 atom stereocenters. The molecule has 2 aromatic rings. The molecule has 18 heavy (non-hydrogen) atoms. The average Bonchev–Trinajstić information content (AvgIpc) is 2.41. The molecule has 0 saturated heterocycles. The fourth-order valence-corrected chi connectivity index (χ4v) is 1.85. The molecule has 5 heteroatoms. The molecule has 3 rings (SSSR count). The number of nitrogens with zero attached hydrogens (tertiary/aromatic N) is 1. The van der Waals surface area contributed by atoms with Gasteiger partial charge in [-0.25, -0.2) is 13.8 Å². The van der Waals surface area contributed by atoms with Crippen molar-refractivity contribution in [2.75, 3.05) is 18.5 Å². The average molecular weight is 248 g/mol. The highest BCUT2D eigenvalue weighted by Crippen LogP contribution is 2.30. The summed E-state index contributed by atoms with van der Waals surface area (Å²) in [5.74, 6) is -0.428. The van der Waals surface area contributed by atoms with Crippen LogP contribution in [0.25, 0.3) is 11.1 Å². The van der Waals surface area contributed by atoms with Crippen molar-refractivity contribution in [1.82, 2.24) is 4.98 Å². The zero-order valence-electron chi connectivity index (χ0n) is 9.41. The summed E-state index contributed by atoms with van der Waals surface area (Å²) in [6.45, 7) is 1.28. The van der Waals surface area contributed by atoms with Crippen LogP contribution in [-0.2, 0) is 0 Å². The number of hydrogen-bond donors (Lipinski definition) is 1. The van der Waals surface area contributed by atoms with E-state index in [4.69, 9.17) is 4.74 Å². The second-order valence-corrected chi connectivity index (χ2v) is 3.97. The molecule has 0 amide bonds. The van der Waals surface area contributed by atoms with E-state index >= 15 is 0 Å². The Hall–Kier alpha value is -2.17. The van der Waals surface area contributed by atoms with Gasteiger partial charge in [0.1, 0.15) is 6.61 Å². The number of halogens is 2. The van der Waals surface area contributed by atoms with Crippen molar-refractivity contribution in [2.45, 2.75) is 0 Å². The monoisotopic (exact) mass is 248 g/mol. The number of ether oxygens (including phenoxy) is 1. The van der Waals surface area contributed by atoms with E-state index < -0.39 is 11.6 Å². The van der Waals surface area contributed by atoms with E-state index in [2.05, 4.69) is 10.3 Å². The molecule has 1 aliphatic rings. The zero-order chi connectivity index (χ0) is 12.5. The summed E-state index contributed by atoms with van der Waals surface area (Å²) < 4.78 is 31.5. The van der Waals surface area contributed by atoms with Crippen LogP contribution in [0.3, 0.4) is 0 Å². The van der Waals surface area contributed by atoms with Crippen molar-refractivity contribution in [2.24, 2.45) is 0 Å². The molecule has 1 aromatic heterocycles. The number of pyridine rings is 1. The molecule has 2 heterocycles. The van der Waals surface area contributed by atoms with Crippen LogP contribution in [0.2, 0.25) is 0 Å². The summed E-state index contributed by atoms with van der Waals surface area (Å²) in [7, 11) is 0. The van der Waals surface area contributed by atoms with Crippen LogP contribution in [0.5, 0.6) is 5.75 Å². The molecule has 0 unspecified atom stereocenters. The van der Waals surface area contributed by atoms with Crippen LogP contribution in [0.1, 0.15) is 0 Å². The van der Waals surface area contributed by atoms with Crippen LogP contribution >= 0.6 is 0 Å². The molecule has 0 spiro atoms. The third kappa shape index (κ3) is 1.88. The van der Waals surface area contributed by atoms with Gasteiger partial charge in [-0.15, -0.1) is 0 Å². The lowest BCUT2D eigenvalue weighted by molar-refractivity contribution is 0.321. The molecule has 0 aliphatic carbocycles. The summed E-state index contributed by atoms with van der Waals surface area (Å²) in [6, 6.07) is 5.53. The maximum Gasteiger partial charge on any atom is 0.168 e. The number of rotatable bonds is 1. The largest absolute Gasteiger partial charge is 0.488 e. The number of anilines is 1. The highest BCUT2D eigenvalue weighted by atomic mass is 19.2. The molecule has 1 aromatic carbocycles. The van der Waals surface area contributed by atoms with E-state index in [-0.39, 0.29) is 0 Å². The first-order chi connectivity index (χ1) is 8.74. The number of benzene rings is 1. The van der Waals surface area contributed by atoms with E-state index in [1.54, 1.807) is 12.3 Å². The third-order valence-corrected chi connectivity index (χ3v) is 2.76. The number of aromatic nitrogens is 1. The van der Waals surface area contributed by atoms with Gasteiger partial charge in [0.25, 0.3) is 0 Å². The summed E-state index contributed by atoms with van der Waals surface area (Å²) >= 11 is 0. The first-order valence-electron chi connectivity index (χ1n) is 5.56. The standard InChI is InChI=1S/C13H10F2N2O/c14-10-2-1-8(5-11(10)15)9-6-12-13(17-7-9)16-3-4-18-12/h1-2,5-7H,3-4H2,(H,16,17). The van der Waals surface area contributed by atoms with Gasteiger partial charge in [0.2, 0.25) is 0 Å². The fraction of sp³-hybridized carbons (Fsp3) is 0.154. The SMILES string of the molecule is Fc1ccc(-c2cnc3c(c2)OCCN3)cc1F. The van der Waals surface area contributed by atoms with E-state index in [0.29, 0.717) is 35.8 Å². The Morgan fingerprint density at radius 1 is 1.11 bits per heavy atom. The number of fused-ring (bicyclic) bond motifs is 1. The smallest absolute Gasteiger partial charge is 0.168 e. The summed E-state index contributed by atoms with van der Waals surface area (Å²) in [5, 5.41) is 3.09. The van der Waals surface area contributed by atoms with Gasteiger partial charge in [-0.1, -0.05) is 6.07 Å². The lowest BCUT2D eigenvalue weighted by Gasteiger charge is -2.18. The van der Waals surface area contributed by atoms with Crippen LogP contribution < -0.4 is 10.1 Å². The highest BCUT2D eigenvalue weighted by Gasteiger charge is 2.13. The predicted octanol–water partition coefficient (Wildman–Crippen LogP) is 2.83. The Bertz CT molecular complexity index is 602. The quantitative estimate of drug-likeness (QED) is 0.842. The topological polar surface area (TPSA) is 34.1 Å². The van der Waals surface area contributed by atoms with E-state index in [1.165, 1.54) is 6.07 Å². The van der Waals surface area contributed by atoms with Gasteiger partial charge in [-0.05, 0) is 23.8 Å². The Morgan fingerprint density at radius 3 is 2.83 bits per heavy atom. The fourth-order valence-electron chi connectivity index (χ4n) is 1.85. The molecule has 0 fully saturated rings. The van der Waals surface area contributed by atoms with Crippen molar-refractivity contribution >= 4 is 5.82 Å². The van der Waals surface area contributed by atoms with Crippen molar-refractivity contribution in [3.05, 3.63) is 42.1 Å². The lowest BCUT2D eigenvalue weighted by Crippen LogP contribution is -2.18. The van der Waals surface area contributed by atoms with Crippen LogP contribution in [0, 0.1) is 11.6 Å². The summed E-state index contributed by atoms with van der Waals surface area (Å²) in [5.41, 5.74) is 1.26. The summed E-state index contributed by atoms with van der Waals surface area (Å²) in [6.07, 6.45) is 1.60. The Balaban J connectivity index is 2.03. The minimum Gasteiger partial charge on any atom is -0.488 e. The second kappa shape index (κ2) is 4.25. The molecule has 0 bridgehead atoms. The van der Waals surface area contributed by atoms with Gasteiger partial charge in [0, 0.05) is 11.8 Å². The first kappa shape index (κ1) is 11.0. The normalized spacial score (nSPS) is 13.4. The minimum absolute atomic E-state index is 0.565. The van der Waals surface area contributed by atoms with Crippen molar-refractivity contribution < 1.29 is 13.5 Å². The molecule has 1 N–H and O–H groups in total.